The van der Waals surface area contributed by atoms with E-state index in [4.69, 9.17) is 0 Å². The van der Waals surface area contributed by atoms with Crippen LogP contribution in [0, 0.1) is 11.3 Å². The van der Waals surface area contributed by atoms with Crippen LogP contribution in [0.3, 0.4) is 0 Å². The molecule has 0 N–H and O–H groups in total. The third-order valence-corrected chi connectivity index (χ3v) is 3.12. The van der Waals surface area contributed by atoms with Crippen molar-refractivity contribution in [3.63, 3.8) is 0 Å². The van der Waals surface area contributed by atoms with Gasteiger partial charge < -0.3 is 0 Å². The quantitative estimate of drug-likeness (QED) is 0.484. The van der Waals surface area contributed by atoms with Crippen molar-refractivity contribution in [1.82, 2.24) is 0 Å². The summed E-state index contributed by atoms with van der Waals surface area (Å²) in [5, 5.41) is 0. The highest BCUT2D eigenvalue weighted by molar-refractivity contribution is 5.21. The van der Waals surface area contributed by atoms with Gasteiger partial charge in [0.05, 0.1) is 0 Å². The molecule has 2 aliphatic carbocycles. The molecule has 54 valence electrons. The van der Waals surface area contributed by atoms with Crippen LogP contribution in [-0.2, 0) is 0 Å². The first-order valence-electron chi connectivity index (χ1n) is 4.06. The van der Waals surface area contributed by atoms with Crippen LogP contribution < -0.4 is 0 Å². The molecule has 0 amide bonds. The summed E-state index contributed by atoms with van der Waals surface area (Å²) in [6.07, 6.45) is 7.44. The molecule has 2 unspecified atom stereocenters. The Kier molecular flexibility index (Phi) is 1.08. The third-order valence-electron chi connectivity index (χ3n) is 3.12. The van der Waals surface area contributed by atoms with E-state index < -0.39 is 0 Å². The Morgan fingerprint density at radius 2 is 2.40 bits per heavy atom. The predicted molar refractivity (Wildman–Crippen MR) is 43.7 cm³/mol. The summed E-state index contributed by atoms with van der Waals surface area (Å²) in [4.78, 5) is 0. The Labute approximate surface area is 62.6 Å². The molecule has 2 fully saturated rings. The lowest BCUT2D eigenvalue weighted by atomic mass is 10.0. The van der Waals surface area contributed by atoms with Crippen molar-refractivity contribution in [2.24, 2.45) is 11.3 Å². The predicted octanol–water partition coefficient (Wildman–Crippen LogP) is 2.92. The Bertz CT molecular complexity index is 190. The molecule has 0 aliphatic heterocycles. The monoisotopic (exact) mass is 134 g/mol. The lowest BCUT2D eigenvalue weighted by molar-refractivity contribution is 0.511. The van der Waals surface area contributed by atoms with Gasteiger partial charge in [-0.15, -0.1) is 6.58 Å². The molecule has 0 aromatic heterocycles. The summed E-state index contributed by atoms with van der Waals surface area (Å²) in [7, 11) is 0. The maximum Gasteiger partial charge on any atom is -0.0171 e. The van der Waals surface area contributed by atoms with E-state index in [-0.39, 0.29) is 0 Å². The molecule has 10 heavy (non-hydrogen) atoms. The van der Waals surface area contributed by atoms with Crippen molar-refractivity contribution >= 4 is 0 Å². The molecule has 0 bridgehead atoms. The van der Waals surface area contributed by atoms with E-state index in [2.05, 4.69) is 19.2 Å². The molecule has 2 saturated carbocycles. The van der Waals surface area contributed by atoms with Crippen molar-refractivity contribution in [2.45, 2.75) is 25.7 Å². The summed E-state index contributed by atoms with van der Waals surface area (Å²) in [5.41, 5.74) is 2.13. The normalized spacial score (nSPS) is 44.4. The van der Waals surface area contributed by atoms with Crippen molar-refractivity contribution in [1.29, 1.82) is 0 Å². The van der Waals surface area contributed by atoms with Gasteiger partial charge in [-0.25, -0.2) is 0 Å². The standard InChI is InChI=1S/C10H14/c1-3-9-7-10(9)5-4-8(2)6-10/h3,9H,1-2,4-7H2. The molecule has 0 saturated heterocycles. The van der Waals surface area contributed by atoms with Crippen molar-refractivity contribution in [2.75, 3.05) is 0 Å². The number of allylic oxidation sites excluding steroid dienone is 2. The van der Waals surface area contributed by atoms with Gasteiger partial charge in [-0.2, -0.15) is 0 Å². The molecular weight excluding hydrogens is 120 g/mol. The Morgan fingerprint density at radius 1 is 1.60 bits per heavy atom. The van der Waals surface area contributed by atoms with E-state index in [0.717, 1.165) is 5.92 Å². The maximum atomic E-state index is 4.02. The van der Waals surface area contributed by atoms with Crippen molar-refractivity contribution < 1.29 is 0 Å². The van der Waals surface area contributed by atoms with Gasteiger partial charge in [0.25, 0.3) is 0 Å². The number of rotatable bonds is 1. The topological polar surface area (TPSA) is 0 Å². The van der Waals surface area contributed by atoms with Gasteiger partial charge in [0.1, 0.15) is 0 Å². The first-order chi connectivity index (χ1) is 4.77. The SMILES string of the molecule is C=CC1CC12CCC(=C)C2. The molecular formula is C10H14. The van der Waals surface area contributed by atoms with E-state index in [1.54, 1.807) is 0 Å². The van der Waals surface area contributed by atoms with E-state index in [1.165, 1.54) is 31.3 Å². The molecule has 0 nitrogen and oxygen atoms in total. The van der Waals surface area contributed by atoms with Crippen LogP contribution in [0.2, 0.25) is 0 Å². The summed E-state index contributed by atoms with van der Waals surface area (Å²) < 4.78 is 0. The zero-order chi connectivity index (χ0) is 7.19. The summed E-state index contributed by atoms with van der Waals surface area (Å²) >= 11 is 0. The third kappa shape index (κ3) is 0.681. The molecule has 0 aromatic carbocycles. The van der Waals surface area contributed by atoms with Crippen LogP contribution in [0.4, 0.5) is 0 Å². The zero-order valence-electron chi connectivity index (χ0n) is 6.40. The van der Waals surface area contributed by atoms with Crippen LogP contribution in [0.1, 0.15) is 25.7 Å². The van der Waals surface area contributed by atoms with Gasteiger partial charge in [0.2, 0.25) is 0 Å². The minimum Gasteiger partial charge on any atom is -0.103 e. The van der Waals surface area contributed by atoms with Gasteiger partial charge in [-0.3, -0.25) is 0 Å². The maximum absolute atomic E-state index is 4.02. The van der Waals surface area contributed by atoms with Crippen LogP contribution in [0.15, 0.2) is 24.8 Å². The van der Waals surface area contributed by atoms with Gasteiger partial charge in [0, 0.05) is 0 Å². The second-order valence-corrected chi connectivity index (χ2v) is 3.84. The van der Waals surface area contributed by atoms with Crippen LogP contribution >= 0.6 is 0 Å². The minimum atomic E-state index is 0.666. The highest BCUT2D eigenvalue weighted by Crippen LogP contribution is 2.64. The highest BCUT2D eigenvalue weighted by atomic mass is 14.6. The molecule has 2 atom stereocenters. The molecule has 2 aliphatic rings. The molecule has 2 rings (SSSR count). The fourth-order valence-corrected chi connectivity index (χ4v) is 2.30. The van der Waals surface area contributed by atoms with Crippen molar-refractivity contribution in [3.05, 3.63) is 24.8 Å². The van der Waals surface area contributed by atoms with Crippen molar-refractivity contribution in [3.8, 4) is 0 Å². The van der Waals surface area contributed by atoms with E-state index in [9.17, 15) is 0 Å². The summed E-state index contributed by atoms with van der Waals surface area (Å²) in [5.74, 6) is 0.826. The Hall–Kier alpha value is -0.520. The molecule has 0 heteroatoms. The summed E-state index contributed by atoms with van der Waals surface area (Å²) in [6.45, 7) is 7.86. The first kappa shape index (κ1) is 6.21. The zero-order valence-corrected chi connectivity index (χ0v) is 6.40. The average molecular weight is 134 g/mol. The largest absolute Gasteiger partial charge is 0.103 e. The fourth-order valence-electron chi connectivity index (χ4n) is 2.30. The second kappa shape index (κ2) is 1.75. The minimum absolute atomic E-state index is 0.666. The van der Waals surface area contributed by atoms with Crippen LogP contribution in [0.25, 0.3) is 0 Å². The summed E-state index contributed by atoms with van der Waals surface area (Å²) in [6, 6.07) is 0. The smallest absolute Gasteiger partial charge is 0.0171 e. The fraction of sp³-hybridized carbons (Fsp3) is 0.600. The van der Waals surface area contributed by atoms with E-state index in [1.807, 2.05) is 0 Å². The van der Waals surface area contributed by atoms with Gasteiger partial charge >= 0.3 is 0 Å². The molecule has 1 spiro atoms. The lowest BCUT2D eigenvalue weighted by Gasteiger charge is -2.02. The first-order valence-corrected chi connectivity index (χ1v) is 4.06. The van der Waals surface area contributed by atoms with E-state index >= 15 is 0 Å². The van der Waals surface area contributed by atoms with Gasteiger partial charge in [0.15, 0.2) is 0 Å². The molecule has 0 heterocycles. The average Bonchev–Trinajstić information content (AvgIpc) is 2.46. The van der Waals surface area contributed by atoms with Crippen LogP contribution in [-0.4, -0.2) is 0 Å². The van der Waals surface area contributed by atoms with Gasteiger partial charge in [-0.05, 0) is 37.0 Å². The van der Waals surface area contributed by atoms with E-state index in [0.29, 0.717) is 5.41 Å². The highest BCUT2D eigenvalue weighted by Gasteiger charge is 2.53. The lowest BCUT2D eigenvalue weighted by Crippen LogP contribution is -1.93. The number of hydrogen-bond acceptors (Lipinski definition) is 0. The Morgan fingerprint density at radius 3 is 2.80 bits per heavy atom. The van der Waals surface area contributed by atoms with Gasteiger partial charge in [-0.1, -0.05) is 18.2 Å². The molecule has 0 radical (unpaired) electrons. The second-order valence-electron chi connectivity index (χ2n) is 3.84. The Balaban J connectivity index is 2.08. The van der Waals surface area contributed by atoms with Crippen LogP contribution in [0.5, 0.6) is 0 Å². The number of hydrogen-bond donors (Lipinski definition) is 0. The molecule has 0 aromatic rings.